The smallest absolute Gasteiger partial charge is 0.120 e. The fourth-order valence-corrected chi connectivity index (χ4v) is 1.65. The van der Waals surface area contributed by atoms with E-state index in [1.54, 1.807) is 0 Å². The molecule has 0 saturated heterocycles. The Hall–Kier alpha value is -1.06. The molecule has 1 aromatic rings. The van der Waals surface area contributed by atoms with Crippen LogP contribution in [0.4, 0.5) is 0 Å². The van der Waals surface area contributed by atoms with Gasteiger partial charge in [-0.05, 0) is 51.4 Å². The Labute approximate surface area is 104 Å². The topological polar surface area (TPSA) is 47.3 Å². The van der Waals surface area contributed by atoms with Gasteiger partial charge in [-0.25, -0.2) is 0 Å². The van der Waals surface area contributed by atoms with Gasteiger partial charge in [-0.3, -0.25) is 0 Å². The van der Waals surface area contributed by atoms with Crippen molar-refractivity contribution in [3.63, 3.8) is 0 Å². The lowest BCUT2D eigenvalue weighted by Crippen LogP contribution is -2.27. The van der Waals surface area contributed by atoms with E-state index >= 15 is 0 Å². The van der Waals surface area contributed by atoms with Crippen molar-refractivity contribution in [1.82, 2.24) is 5.32 Å². The van der Waals surface area contributed by atoms with Crippen LogP contribution in [-0.4, -0.2) is 18.7 Å². The predicted octanol–water partition coefficient (Wildman–Crippen LogP) is 2.30. The van der Waals surface area contributed by atoms with Crippen LogP contribution in [-0.2, 0) is 6.54 Å². The first-order chi connectivity index (χ1) is 8.11. The highest BCUT2D eigenvalue weighted by molar-refractivity contribution is 5.28. The summed E-state index contributed by atoms with van der Waals surface area (Å²) >= 11 is 0. The van der Waals surface area contributed by atoms with Gasteiger partial charge in [0.1, 0.15) is 5.75 Å². The molecule has 1 rings (SSSR count). The molecule has 1 unspecified atom stereocenters. The van der Waals surface area contributed by atoms with E-state index in [2.05, 4.69) is 24.4 Å². The molecule has 0 radical (unpaired) electrons. The van der Waals surface area contributed by atoms with Crippen LogP contribution in [0, 0.1) is 0 Å². The number of hydrogen-bond acceptors (Lipinski definition) is 3. The molecule has 0 aromatic heterocycles. The van der Waals surface area contributed by atoms with Gasteiger partial charge in [0.25, 0.3) is 0 Å². The summed E-state index contributed by atoms with van der Waals surface area (Å²) in [5.41, 5.74) is 6.76. The van der Waals surface area contributed by atoms with Crippen molar-refractivity contribution in [2.75, 3.05) is 6.54 Å². The molecule has 0 aliphatic carbocycles. The van der Waals surface area contributed by atoms with Crippen molar-refractivity contribution in [2.45, 2.75) is 45.9 Å². The van der Waals surface area contributed by atoms with Crippen molar-refractivity contribution in [3.8, 4) is 5.75 Å². The van der Waals surface area contributed by atoms with Gasteiger partial charge >= 0.3 is 0 Å². The minimum absolute atomic E-state index is 0.217. The zero-order chi connectivity index (χ0) is 12.7. The lowest BCUT2D eigenvalue weighted by molar-refractivity contribution is 0.242. The van der Waals surface area contributed by atoms with Gasteiger partial charge < -0.3 is 15.8 Å². The van der Waals surface area contributed by atoms with Crippen LogP contribution < -0.4 is 15.8 Å². The third-order valence-electron chi connectivity index (χ3n) is 2.52. The van der Waals surface area contributed by atoms with Gasteiger partial charge in [0, 0.05) is 12.6 Å². The highest BCUT2D eigenvalue weighted by atomic mass is 16.5. The Kier molecular flexibility index (Phi) is 6.01. The van der Waals surface area contributed by atoms with E-state index in [9.17, 15) is 0 Å². The molecule has 0 heterocycles. The molecule has 1 aromatic carbocycles. The van der Waals surface area contributed by atoms with Crippen molar-refractivity contribution < 1.29 is 4.74 Å². The number of benzene rings is 1. The zero-order valence-electron chi connectivity index (χ0n) is 11.1. The summed E-state index contributed by atoms with van der Waals surface area (Å²) in [6, 6.07) is 8.67. The van der Waals surface area contributed by atoms with Crippen LogP contribution in [0.3, 0.4) is 0 Å². The summed E-state index contributed by atoms with van der Waals surface area (Å²) in [7, 11) is 0. The lowest BCUT2D eigenvalue weighted by Gasteiger charge is -2.14. The van der Waals surface area contributed by atoms with Crippen LogP contribution >= 0.6 is 0 Å². The van der Waals surface area contributed by atoms with E-state index < -0.39 is 0 Å². The number of nitrogens with two attached hydrogens (primary N) is 1. The van der Waals surface area contributed by atoms with Gasteiger partial charge in [0.15, 0.2) is 0 Å². The maximum atomic E-state index is 5.66. The van der Waals surface area contributed by atoms with E-state index in [0.29, 0.717) is 6.04 Å². The molecule has 0 amide bonds. The van der Waals surface area contributed by atoms with Crippen LogP contribution in [0.5, 0.6) is 5.75 Å². The summed E-state index contributed by atoms with van der Waals surface area (Å²) in [4.78, 5) is 0. The van der Waals surface area contributed by atoms with Gasteiger partial charge in [-0.15, -0.1) is 0 Å². The Morgan fingerprint density at radius 3 is 2.71 bits per heavy atom. The van der Waals surface area contributed by atoms with Crippen LogP contribution in [0.2, 0.25) is 0 Å². The molecule has 0 aliphatic rings. The quantitative estimate of drug-likeness (QED) is 0.763. The first kappa shape index (κ1) is 14.0. The third-order valence-corrected chi connectivity index (χ3v) is 2.52. The molecular formula is C14H24N2O. The van der Waals surface area contributed by atoms with Crippen LogP contribution in [0.25, 0.3) is 0 Å². The lowest BCUT2D eigenvalue weighted by atomic mass is 10.2. The molecule has 17 heavy (non-hydrogen) atoms. The Morgan fingerprint density at radius 1 is 1.29 bits per heavy atom. The number of rotatable bonds is 7. The summed E-state index contributed by atoms with van der Waals surface area (Å²) < 4.78 is 5.66. The zero-order valence-corrected chi connectivity index (χ0v) is 11.1. The Balaban J connectivity index is 2.48. The molecule has 3 nitrogen and oxygen atoms in total. The SMILES string of the molecule is CC(CCN)NCc1cccc(OC(C)C)c1. The van der Waals surface area contributed by atoms with E-state index in [-0.39, 0.29) is 6.10 Å². The first-order valence-corrected chi connectivity index (χ1v) is 6.31. The molecule has 0 fully saturated rings. The van der Waals surface area contributed by atoms with Gasteiger partial charge in [-0.2, -0.15) is 0 Å². The number of ether oxygens (including phenoxy) is 1. The second-order valence-corrected chi connectivity index (χ2v) is 4.67. The van der Waals surface area contributed by atoms with E-state index in [1.807, 2.05) is 26.0 Å². The molecule has 1 atom stereocenters. The highest BCUT2D eigenvalue weighted by Gasteiger charge is 2.02. The van der Waals surface area contributed by atoms with Crippen molar-refractivity contribution in [1.29, 1.82) is 0 Å². The fourth-order valence-electron chi connectivity index (χ4n) is 1.65. The van der Waals surface area contributed by atoms with E-state index in [4.69, 9.17) is 10.5 Å². The van der Waals surface area contributed by atoms with Gasteiger partial charge in [-0.1, -0.05) is 12.1 Å². The van der Waals surface area contributed by atoms with Crippen molar-refractivity contribution in [2.24, 2.45) is 5.73 Å². The minimum Gasteiger partial charge on any atom is -0.491 e. The molecule has 0 saturated carbocycles. The van der Waals surface area contributed by atoms with E-state index in [0.717, 1.165) is 25.3 Å². The second-order valence-electron chi connectivity index (χ2n) is 4.67. The molecular weight excluding hydrogens is 212 g/mol. The second kappa shape index (κ2) is 7.30. The molecule has 0 aliphatic heterocycles. The van der Waals surface area contributed by atoms with Crippen LogP contribution in [0.1, 0.15) is 32.8 Å². The first-order valence-electron chi connectivity index (χ1n) is 6.31. The predicted molar refractivity (Wildman–Crippen MR) is 72.2 cm³/mol. The normalized spacial score (nSPS) is 12.8. The molecule has 0 spiro atoms. The monoisotopic (exact) mass is 236 g/mol. The summed E-state index contributed by atoms with van der Waals surface area (Å²) in [6.45, 7) is 7.81. The largest absolute Gasteiger partial charge is 0.491 e. The van der Waals surface area contributed by atoms with Crippen molar-refractivity contribution >= 4 is 0 Å². The highest BCUT2D eigenvalue weighted by Crippen LogP contribution is 2.14. The summed E-state index contributed by atoms with van der Waals surface area (Å²) in [5.74, 6) is 0.936. The van der Waals surface area contributed by atoms with Gasteiger partial charge in [0.05, 0.1) is 6.10 Å². The molecule has 0 bridgehead atoms. The summed E-state index contributed by atoms with van der Waals surface area (Å²) in [5, 5.41) is 3.44. The molecule has 3 heteroatoms. The minimum atomic E-state index is 0.217. The van der Waals surface area contributed by atoms with Crippen molar-refractivity contribution in [3.05, 3.63) is 29.8 Å². The standard InChI is InChI=1S/C14H24N2O/c1-11(2)17-14-6-4-5-13(9-14)10-16-12(3)7-8-15/h4-6,9,11-12,16H,7-8,10,15H2,1-3H3. The molecule has 96 valence electrons. The van der Waals surface area contributed by atoms with E-state index in [1.165, 1.54) is 5.56 Å². The number of nitrogens with one attached hydrogen (secondary N) is 1. The maximum Gasteiger partial charge on any atom is 0.120 e. The Bertz CT molecular complexity index is 326. The Morgan fingerprint density at radius 2 is 2.06 bits per heavy atom. The average Bonchev–Trinajstić information content (AvgIpc) is 2.26. The maximum absolute atomic E-state index is 5.66. The average molecular weight is 236 g/mol. The van der Waals surface area contributed by atoms with Gasteiger partial charge in [0.2, 0.25) is 0 Å². The fraction of sp³-hybridized carbons (Fsp3) is 0.571. The van der Waals surface area contributed by atoms with Crippen LogP contribution in [0.15, 0.2) is 24.3 Å². The third kappa shape index (κ3) is 5.71. The number of hydrogen-bond donors (Lipinski definition) is 2. The molecule has 3 N–H and O–H groups in total. The summed E-state index contributed by atoms with van der Waals surface area (Å²) in [6.07, 6.45) is 1.22.